The third-order valence-electron chi connectivity index (χ3n) is 1.95. The van der Waals surface area contributed by atoms with Crippen molar-refractivity contribution in [3.05, 3.63) is 44.5 Å². The molecule has 0 amide bonds. The number of thiophene rings is 1. The molecule has 0 aliphatic heterocycles. The summed E-state index contributed by atoms with van der Waals surface area (Å²) in [5.74, 6) is -0.257. The smallest absolute Gasteiger partial charge is 0.286 e. The molecule has 0 atom stereocenters. The number of rotatable bonds is 2. The lowest BCUT2D eigenvalue weighted by molar-refractivity contribution is 0.0945. The Morgan fingerprint density at radius 1 is 1.60 bits per heavy atom. The van der Waals surface area contributed by atoms with E-state index in [9.17, 15) is 9.59 Å². The molecule has 5 nitrogen and oxygen atoms in total. The second kappa shape index (κ2) is 3.84. The first-order valence-corrected chi connectivity index (χ1v) is 5.19. The van der Waals surface area contributed by atoms with Crippen molar-refractivity contribution in [2.45, 2.75) is 6.54 Å². The zero-order valence-corrected chi connectivity index (χ0v) is 8.58. The summed E-state index contributed by atoms with van der Waals surface area (Å²) in [5.41, 5.74) is 5.59. The fourth-order valence-corrected chi connectivity index (χ4v) is 1.92. The summed E-state index contributed by atoms with van der Waals surface area (Å²) in [7, 11) is 0. The minimum absolute atomic E-state index is 0.149. The number of nitrogens with two attached hydrogens (primary N) is 1. The van der Waals surface area contributed by atoms with E-state index in [2.05, 4.69) is 5.10 Å². The van der Waals surface area contributed by atoms with E-state index in [0.717, 1.165) is 0 Å². The zero-order valence-electron chi connectivity index (χ0n) is 7.77. The molecule has 78 valence electrons. The Labute approximate surface area is 89.1 Å². The third kappa shape index (κ3) is 1.77. The van der Waals surface area contributed by atoms with Crippen molar-refractivity contribution in [2.75, 3.05) is 0 Å². The van der Waals surface area contributed by atoms with Gasteiger partial charge in [-0.15, -0.1) is 11.3 Å². The Balaban J connectivity index is 2.45. The predicted molar refractivity (Wildman–Crippen MR) is 57.0 cm³/mol. The molecule has 6 heteroatoms. The van der Waals surface area contributed by atoms with Crippen molar-refractivity contribution in [1.29, 1.82) is 0 Å². The predicted octanol–water partition coefficient (Wildman–Crippen LogP) is 0.385. The van der Waals surface area contributed by atoms with Gasteiger partial charge in [0, 0.05) is 12.6 Å². The van der Waals surface area contributed by atoms with E-state index >= 15 is 0 Å². The third-order valence-corrected chi connectivity index (χ3v) is 2.81. The standard InChI is InChI=1S/C9H9N3O2S/c10-5-6-4-8(13)11-12(6)9(14)7-2-1-3-15-7/h1-4H,5,10H2,(H,11,13). The molecule has 2 aromatic heterocycles. The number of aromatic nitrogens is 2. The van der Waals surface area contributed by atoms with Crippen molar-refractivity contribution in [3.63, 3.8) is 0 Å². The molecule has 15 heavy (non-hydrogen) atoms. The Bertz CT molecular complexity index is 524. The Kier molecular flexibility index (Phi) is 2.53. The molecule has 2 heterocycles. The van der Waals surface area contributed by atoms with Crippen LogP contribution in [0.3, 0.4) is 0 Å². The molecule has 0 unspecified atom stereocenters. The highest BCUT2D eigenvalue weighted by Crippen LogP contribution is 2.10. The molecule has 0 aliphatic rings. The SMILES string of the molecule is NCc1cc(=O)[nH]n1C(=O)c1cccs1. The molecule has 0 aliphatic carbocycles. The number of hydrogen-bond acceptors (Lipinski definition) is 4. The number of carbonyl (C=O) groups excluding carboxylic acids is 1. The van der Waals surface area contributed by atoms with Gasteiger partial charge in [-0.2, -0.15) is 0 Å². The van der Waals surface area contributed by atoms with Gasteiger partial charge in [-0.1, -0.05) is 6.07 Å². The van der Waals surface area contributed by atoms with E-state index in [1.165, 1.54) is 22.1 Å². The van der Waals surface area contributed by atoms with Crippen LogP contribution in [0, 0.1) is 0 Å². The molecule has 0 saturated heterocycles. The highest BCUT2D eigenvalue weighted by molar-refractivity contribution is 7.12. The quantitative estimate of drug-likeness (QED) is 0.772. The Hall–Kier alpha value is -1.66. The number of carbonyl (C=O) groups is 1. The highest BCUT2D eigenvalue weighted by atomic mass is 32.1. The lowest BCUT2D eigenvalue weighted by Gasteiger charge is -2.02. The molecule has 2 aromatic rings. The molecule has 0 fully saturated rings. The van der Waals surface area contributed by atoms with E-state index in [1.807, 2.05) is 0 Å². The fourth-order valence-electron chi connectivity index (χ4n) is 1.27. The minimum Gasteiger partial charge on any atom is -0.325 e. The Morgan fingerprint density at radius 3 is 3.00 bits per heavy atom. The van der Waals surface area contributed by atoms with Gasteiger partial charge < -0.3 is 5.73 Å². The van der Waals surface area contributed by atoms with E-state index in [1.54, 1.807) is 17.5 Å². The number of H-pyrrole nitrogens is 1. The number of nitrogens with one attached hydrogen (secondary N) is 1. The number of aromatic amines is 1. The Morgan fingerprint density at radius 2 is 2.40 bits per heavy atom. The maximum Gasteiger partial charge on any atom is 0.286 e. The summed E-state index contributed by atoms with van der Waals surface area (Å²) in [5, 5.41) is 4.22. The normalized spacial score (nSPS) is 10.5. The lowest BCUT2D eigenvalue weighted by atomic mass is 10.4. The summed E-state index contributed by atoms with van der Waals surface area (Å²) in [6.45, 7) is 0.149. The second-order valence-corrected chi connectivity index (χ2v) is 3.88. The van der Waals surface area contributed by atoms with Crippen molar-refractivity contribution >= 4 is 17.2 Å². The van der Waals surface area contributed by atoms with Gasteiger partial charge in [0.25, 0.3) is 11.5 Å². The number of nitrogens with zero attached hydrogens (tertiary/aromatic N) is 1. The fraction of sp³-hybridized carbons (Fsp3) is 0.111. The van der Waals surface area contributed by atoms with E-state index in [4.69, 9.17) is 5.73 Å². The topological polar surface area (TPSA) is 80.9 Å². The summed E-state index contributed by atoms with van der Waals surface area (Å²) in [4.78, 5) is 23.5. The number of hydrogen-bond donors (Lipinski definition) is 2. The molecule has 0 aromatic carbocycles. The molecular formula is C9H9N3O2S. The van der Waals surface area contributed by atoms with Crippen LogP contribution in [0.1, 0.15) is 15.4 Å². The molecule has 2 rings (SSSR count). The first-order valence-electron chi connectivity index (χ1n) is 4.31. The van der Waals surface area contributed by atoms with Crippen LogP contribution in [0.5, 0.6) is 0 Å². The van der Waals surface area contributed by atoms with E-state index in [0.29, 0.717) is 10.6 Å². The van der Waals surface area contributed by atoms with Gasteiger partial charge in [-0.3, -0.25) is 14.7 Å². The lowest BCUT2D eigenvalue weighted by Crippen LogP contribution is -2.18. The molecule has 0 saturated carbocycles. The first-order chi connectivity index (χ1) is 7.22. The van der Waals surface area contributed by atoms with E-state index in [-0.39, 0.29) is 18.0 Å². The van der Waals surface area contributed by atoms with Crippen molar-refractivity contribution in [3.8, 4) is 0 Å². The zero-order chi connectivity index (χ0) is 10.8. The molecule has 0 bridgehead atoms. The highest BCUT2D eigenvalue weighted by Gasteiger charge is 2.13. The second-order valence-electron chi connectivity index (χ2n) is 2.93. The summed E-state index contributed by atoms with van der Waals surface area (Å²) >= 11 is 1.32. The largest absolute Gasteiger partial charge is 0.325 e. The van der Waals surface area contributed by atoms with Gasteiger partial charge in [0.1, 0.15) is 0 Å². The van der Waals surface area contributed by atoms with Gasteiger partial charge in [0.15, 0.2) is 0 Å². The van der Waals surface area contributed by atoms with E-state index < -0.39 is 0 Å². The summed E-state index contributed by atoms with van der Waals surface area (Å²) < 4.78 is 1.19. The van der Waals surface area contributed by atoms with Crippen LogP contribution in [0.15, 0.2) is 28.4 Å². The van der Waals surface area contributed by atoms with Gasteiger partial charge in [0.2, 0.25) is 0 Å². The average Bonchev–Trinajstić information content (AvgIpc) is 2.84. The maximum absolute atomic E-state index is 11.8. The molecule has 0 spiro atoms. The molecule has 0 radical (unpaired) electrons. The first kappa shape index (κ1) is 9.88. The van der Waals surface area contributed by atoms with Crippen LogP contribution < -0.4 is 11.3 Å². The van der Waals surface area contributed by atoms with Crippen molar-refractivity contribution in [1.82, 2.24) is 9.78 Å². The molecular weight excluding hydrogens is 214 g/mol. The van der Waals surface area contributed by atoms with Crippen LogP contribution >= 0.6 is 11.3 Å². The van der Waals surface area contributed by atoms with Gasteiger partial charge in [0.05, 0.1) is 10.6 Å². The molecule has 3 N–H and O–H groups in total. The van der Waals surface area contributed by atoms with Gasteiger partial charge >= 0.3 is 0 Å². The van der Waals surface area contributed by atoms with Crippen LogP contribution in [0.25, 0.3) is 0 Å². The van der Waals surface area contributed by atoms with Gasteiger partial charge in [-0.05, 0) is 11.4 Å². The van der Waals surface area contributed by atoms with Crippen LogP contribution in [-0.4, -0.2) is 15.7 Å². The van der Waals surface area contributed by atoms with Crippen molar-refractivity contribution in [2.24, 2.45) is 5.73 Å². The summed E-state index contributed by atoms with van der Waals surface area (Å²) in [6, 6.07) is 4.80. The van der Waals surface area contributed by atoms with Crippen LogP contribution in [-0.2, 0) is 6.54 Å². The average molecular weight is 223 g/mol. The van der Waals surface area contributed by atoms with Crippen molar-refractivity contribution < 1.29 is 4.79 Å². The van der Waals surface area contributed by atoms with Crippen LogP contribution in [0.2, 0.25) is 0 Å². The summed E-state index contributed by atoms with van der Waals surface area (Å²) in [6.07, 6.45) is 0. The van der Waals surface area contributed by atoms with Gasteiger partial charge in [-0.25, -0.2) is 4.68 Å². The maximum atomic E-state index is 11.8. The minimum atomic E-state index is -0.319. The van der Waals surface area contributed by atoms with Crippen LogP contribution in [0.4, 0.5) is 0 Å². The monoisotopic (exact) mass is 223 g/mol.